The Balaban J connectivity index is -0.000000150. The summed E-state index contributed by atoms with van der Waals surface area (Å²) in [5.41, 5.74) is 0. The third-order valence-corrected chi connectivity index (χ3v) is 0.387. The summed E-state index contributed by atoms with van der Waals surface area (Å²) in [6.07, 6.45) is 1.63. The van der Waals surface area contributed by atoms with Crippen LogP contribution in [0.1, 0.15) is 6.92 Å². The van der Waals surface area contributed by atoms with Gasteiger partial charge in [-0.3, -0.25) is 8.42 Å². The van der Waals surface area contributed by atoms with Gasteiger partial charge in [-0.2, -0.15) is 0 Å². The first-order valence-electron chi connectivity index (χ1n) is 2.93. The molecule has 0 rings (SSSR count). The maximum atomic E-state index is 8.52. The third kappa shape index (κ3) is 70.6. The van der Waals surface area contributed by atoms with Gasteiger partial charge in [0.15, 0.2) is 0 Å². The van der Waals surface area contributed by atoms with Gasteiger partial charge in [-0.05, 0) is 6.92 Å². The van der Waals surface area contributed by atoms with Crippen LogP contribution in [0, 0.1) is 0 Å². The minimum Gasteiger partial charge on any atom is -0.759 e. The minimum atomic E-state index is -5.17. The van der Waals surface area contributed by atoms with Crippen molar-refractivity contribution in [1.82, 2.24) is 0 Å². The molecule has 0 atom stereocenters. The first-order valence-corrected chi connectivity index (χ1v) is 4.27. The number of rotatable bonds is 4. The van der Waals surface area contributed by atoms with E-state index in [0.29, 0.717) is 13.2 Å². The molecule has 0 saturated heterocycles. The SMILES string of the molecule is C=CCOOCC.O=S(=O)([O-])[O-].[Mg+2]. The number of hydrogen-bond acceptors (Lipinski definition) is 6. The second-order valence-corrected chi connectivity index (χ2v) is 2.20. The fraction of sp³-hybridized carbons (Fsp3) is 0.600. The Labute approximate surface area is 93.6 Å². The predicted molar refractivity (Wildman–Crippen MR) is 44.0 cm³/mol. The molecule has 0 aliphatic heterocycles. The van der Waals surface area contributed by atoms with Crippen molar-refractivity contribution in [3.05, 3.63) is 12.7 Å². The molecule has 0 radical (unpaired) electrons. The third-order valence-electron chi connectivity index (χ3n) is 0.387. The molecule has 8 heteroatoms. The van der Waals surface area contributed by atoms with Gasteiger partial charge in [0, 0.05) is 10.4 Å². The summed E-state index contributed by atoms with van der Waals surface area (Å²) >= 11 is 0. The maximum absolute atomic E-state index is 8.52. The molecule has 0 aromatic carbocycles. The van der Waals surface area contributed by atoms with E-state index >= 15 is 0 Å². The molecule has 0 aromatic rings. The molecule has 0 fully saturated rings. The Kier molecular flexibility index (Phi) is 17.9. The normalized spacial score (nSPS) is 9.15. The predicted octanol–water partition coefficient (Wildman–Crippen LogP) is -0.578. The maximum Gasteiger partial charge on any atom is 2.00 e. The molecule has 0 heterocycles. The van der Waals surface area contributed by atoms with Crippen LogP contribution in [0.3, 0.4) is 0 Å². The van der Waals surface area contributed by atoms with Gasteiger partial charge in [-0.1, -0.05) is 6.08 Å². The van der Waals surface area contributed by atoms with Gasteiger partial charge in [0.1, 0.15) is 6.61 Å². The largest absolute Gasteiger partial charge is 2.00 e. The van der Waals surface area contributed by atoms with E-state index in [1.807, 2.05) is 6.92 Å². The van der Waals surface area contributed by atoms with Crippen molar-refractivity contribution in [2.24, 2.45) is 0 Å². The zero-order chi connectivity index (χ0) is 10.0. The van der Waals surface area contributed by atoms with E-state index in [2.05, 4.69) is 16.4 Å². The Morgan fingerprint density at radius 1 is 1.38 bits per heavy atom. The van der Waals surface area contributed by atoms with E-state index in [9.17, 15) is 0 Å². The molecule has 0 amide bonds. The van der Waals surface area contributed by atoms with E-state index in [1.165, 1.54) is 0 Å². The Bertz CT molecular complexity index is 181. The van der Waals surface area contributed by atoms with E-state index in [1.54, 1.807) is 6.08 Å². The van der Waals surface area contributed by atoms with Crippen molar-refractivity contribution in [3.63, 3.8) is 0 Å². The van der Waals surface area contributed by atoms with Crippen LogP contribution in [0.5, 0.6) is 0 Å². The van der Waals surface area contributed by atoms with Crippen LogP contribution in [-0.4, -0.2) is 53.8 Å². The van der Waals surface area contributed by atoms with Crippen molar-refractivity contribution >= 4 is 33.5 Å². The Morgan fingerprint density at radius 3 is 2.00 bits per heavy atom. The fourth-order valence-electron chi connectivity index (χ4n) is 0.180. The molecule has 0 saturated carbocycles. The fourth-order valence-corrected chi connectivity index (χ4v) is 0.180. The van der Waals surface area contributed by atoms with E-state index in [-0.39, 0.29) is 23.1 Å². The molecule has 0 aliphatic rings. The van der Waals surface area contributed by atoms with Crippen LogP contribution in [-0.2, 0) is 20.2 Å². The summed E-state index contributed by atoms with van der Waals surface area (Å²) < 4.78 is 34.1. The molecule has 0 unspecified atom stereocenters. The van der Waals surface area contributed by atoms with Crippen LogP contribution in [0.25, 0.3) is 0 Å². The summed E-state index contributed by atoms with van der Waals surface area (Å²) in [6, 6.07) is 0. The van der Waals surface area contributed by atoms with E-state index in [4.69, 9.17) is 17.5 Å². The summed E-state index contributed by atoms with van der Waals surface area (Å²) in [5.74, 6) is 0. The van der Waals surface area contributed by atoms with Crippen LogP contribution >= 0.6 is 0 Å². The zero-order valence-corrected chi connectivity index (χ0v) is 9.49. The molecule has 0 aliphatic carbocycles. The summed E-state index contributed by atoms with van der Waals surface area (Å²) in [5, 5.41) is 0. The standard InChI is InChI=1S/C5H10O2.Mg.H2O4S/c1-3-5-7-6-4-2;;1-5(2,3)4/h3H,1,4-5H2,2H3;;(H2,1,2,3,4)/q;+2;/p-2. The molecule has 0 bridgehead atoms. The minimum absolute atomic E-state index is 0. The Morgan fingerprint density at radius 2 is 1.77 bits per heavy atom. The van der Waals surface area contributed by atoms with Crippen molar-refractivity contribution in [1.29, 1.82) is 0 Å². The average Bonchev–Trinajstić information content (AvgIpc) is 1.85. The number of hydrogen-bond donors (Lipinski definition) is 0. The van der Waals surface area contributed by atoms with Crippen molar-refractivity contribution < 1.29 is 27.3 Å². The first kappa shape index (κ1) is 19.0. The summed E-state index contributed by atoms with van der Waals surface area (Å²) in [7, 11) is -5.17. The summed E-state index contributed by atoms with van der Waals surface area (Å²) in [4.78, 5) is 9.02. The van der Waals surface area contributed by atoms with E-state index in [0.717, 1.165) is 0 Å². The van der Waals surface area contributed by atoms with Crippen LogP contribution in [0.15, 0.2) is 12.7 Å². The summed E-state index contributed by atoms with van der Waals surface area (Å²) in [6.45, 7) is 6.35. The molecule has 13 heavy (non-hydrogen) atoms. The van der Waals surface area contributed by atoms with Gasteiger partial charge < -0.3 is 9.11 Å². The molecule has 0 N–H and O–H groups in total. The monoisotopic (exact) mass is 222 g/mol. The van der Waals surface area contributed by atoms with Gasteiger partial charge in [0.05, 0.1) is 6.61 Å². The van der Waals surface area contributed by atoms with Gasteiger partial charge in [0.2, 0.25) is 0 Å². The van der Waals surface area contributed by atoms with Crippen LogP contribution in [0.4, 0.5) is 0 Å². The van der Waals surface area contributed by atoms with Gasteiger partial charge in [0.25, 0.3) is 0 Å². The molecule has 0 spiro atoms. The van der Waals surface area contributed by atoms with Gasteiger partial charge in [-0.15, -0.1) is 6.58 Å². The first-order chi connectivity index (χ1) is 5.41. The van der Waals surface area contributed by atoms with Crippen molar-refractivity contribution in [2.45, 2.75) is 6.92 Å². The average molecular weight is 223 g/mol. The second kappa shape index (κ2) is 12.3. The zero-order valence-electron chi connectivity index (χ0n) is 7.26. The van der Waals surface area contributed by atoms with E-state index < -0.39 is 10.4 Å². The topological polar surface area (TPSA) is 98.7 Å². The molecule has 6 nitrogen and oxygen atoms in total. The smallest absolute Gasteiger partial charge is 0.759 e. The van der Waals surface area contributed by atoms with Crippen molar-refractivity contribution in [2.75, 3.05) is 13.2 Å². The molecular weight excluding hydrogens is 212 g/mol. The van der Waals surface area contributed by atoms with Crippen LogP contribution in [0.2, 0.25) is 0 Å². The Hall–Kier alpha value is 0.296. The van der Waals surface area contributed by atoms with Crippen LogP contribution < -0.4 is 0 Å². The van der Waals surface area contributed by atoms with Gasteiger partial charge >= 0.3 is 23.1 Å². The molecular formula is C5H10MgO6S. The molecule has 74 valence electrons. The van der Waals surface area contributed by atoms with Crippen molar-refractivity contribution in [3.8, 4) is 0 Å². The second-order valence-electron chi connectivity index (χ2n) is 1.39. The molecule has 0 aromatic heterocycles. The quantitative estimate of drug-likeness (QED) is 0.120. The van der Waals surface area contributed by atoms with Gasteiger partial charge in [-0.25, -0.2) is 9.78 Å².